The number of carbonyl (C=O) groups is 1. The summed E-state index contributed by atoms with van der Waals surface area (Å²) in [7, 11) is 2.07. The summed E-state index contributed by atoms with van der Waals surface area (Å²) < 4.78 is 5.90. The van der Waals surface area contributed by atoms with Crippen molar-refractivity contribution >= 4 is 17.6 Å². The van der Waals surface area contributed by atoms with Crippen LogP contribution in [-0.2, 0) is 10.2 Å². The molecule has 3 rings (SSSR count). The van der Waals surface area contributed by atoms with Gasteiger partial charge in [0.05, 0.1) is 10.4 Å². The maximum Gasteiger partial charge on any atom is 0.314 e. The first-order valence-corrected chi connectivity index (χ1v) is 7.28. The van der Waals surface area contributed by atoms with Crippen molar-refractivity contribution < 1.29 is 14.6 Å². The first-order valence-electron chi connectivity index (χ1n) is 6.90. The van der Waals surface area contributed by atoms with Crippen LogP contribution >= 0.6 is 11.6 Å². The number of benzene rings is 1. The molecule has 0 amide bonds. The zero-order valence-electron chi connectivity index (χ0n) is 11.4. The highest BCUT2D eigenvalue weighted by atomic mass is 35.5. The van der Waals surface area contributed by atoms with E-state index in [2.05, 4.69) is 11.9 Å². The molecule has 1 N–H and O–H groups in total. The fourth-order valence-electron chi connectivity index (χ4n) is 2.82. The summed E-state index contributed by atoms with van der Waals surface area (Å²) in [6.45, 7) is 1.93. The Morgan fingerprint density at radius 3 is 2.75 bits per heavy atom. The topological polar surface area (TPSA) is 49.8 Å². The largest absolute Gasteiger partial charge is 0.487 e. The maximum absolute atomic E-state index is 11.3. The van der Waals surface area contributed by atoms with Gasteiger partial charge in [0, 0.05) is 13.1 Å². The van der Waals surface area contributed by atoms with E-state index in [1.807, 2.05) is 6.07 Å². The summed E-state index contributed by atoms with van der Waals surface area (Å²) in [5, 5.41) is 9.80. The molecule has 108 valence electrons. The quantitative estimate of drug-likeness (QED) is 0.927. The molecule has 20 heavy (non-hydrogen) atoms. The van der Waals surface area contributed by atoms with Crippen molar-refractivity contribution in [2.75, 3.05) is 20.1 Å². The Kier molecular flexibility index (Phi) is 3.38. The third-order valence-electron chi connectivity index (χ3n) is 4.29. The van der Waals surface area contributed by atoms with E-state index >= 15 is 0 Å². The van der Waals surface area contributed by atoms with Crippen LogP contribution in [0.4, 0.5) is 0 Å². The van der Waals surface area contributed by atoms with Crippen molar-refractivity contribution in [1.82, 2.24) is 4.90 Å². The number of likely N-dealkylation sites (N-methyl/N-ethyl adjacent to an activating group) is 1. The van der Waals surface area contributed by atoms with Crippen molar-refractivity contribution in [3.8, 4) is 5.75 Å². The summed E-state index contributed by atoms with van der Waals surface area (Å²) >= 11 is 6.25. The van der Waals surface area contributed by atoms with Gasteiger partial charge in [0.1, 0.15) is 11.9 Å². The van der Waals surface area contributed by atoms with Gasteiger partial charge in [-0.1, -0.05) is 17.7 Å². The smallest absolute Gasteiger partial charge is 0.314 e. The molecule has 1 unspecified atom stereocenters. The van der Waals surface area contributed by atoms with Crippen LogP contribution < -0.4 is 4.74 Å². The number of hydrogen-bond acceptors (Lipinski definition) is 3. The minimum absolute atomic E-state index is 0.165. The van der Waals surface area contributed by atoms with Crippen molar-refractivity contribution in [2.45, 2.75) is 30.8 Å². The fourth-order valence-corrected chi connectivity index (χ4v) is 3.04. The van der Waals surface area contributed by atoms with Gasteiger partial charge in [-0.25, -0.2) is 0 Å². The predicted molar refractivity (Wildman–Crippen MR) is 76.5 cm³/mol. The normalized spacial score (nSPS) is 24.6. The molecule has 4 nitrogen and oxygen atoms in total. The van der Waals surface area contributed by atoms with Crippen LogP contribution in [0.25, 0.3) is 0 Å². The number of aliphatic carboxylic acids is 1. The number of hydrogen-bond donors (Lipinski definition) is 1. The average molecular weight is 296 g/mol. The minimum atomic E-state index is -0.764. The lowest BCUT2D eigenvalue weighted by molar-refractivity contribution is -0.140. The highest BCUT2D eigenvalue weighted by Crippen LogP contribution is 2.49. The standard InChI is InChI=1S/C15H18ClNO3/c1-17-7-4-11(9-17)20-13-3-2-10(8-12(13)16)15(5-6-15)14(18)19/h2-3,8,11H,4-7,9H2,1H3,(H,18,19). The fraction of sp³-hybridized carbons (Fsp3) is 0.533. The Morgan fingerprint density at radius 2 is 2.25 bits per heavy atom. The Balaban J connectivity index is 1.76. The van der Waals surface area contributed by atoms with E-state index in [4.69, 9.17) is 16.3 Å². The molecule has 0 radical (unpaired) electrons. The van der Waals surface area contributed by atoms with Gasteiger partial charge in [0.2, 0.25) is 0 Å². The van der Waals surface area contributed by atoms with Crippen LogP contribution in [0.3, 0.4) is 0 Å². The molecule has 1 heterocycles. The number of carboxylic acid groups (broad SMARTS) is 1. The molecule has 1 aromatic rings. The van der Waals surface area contributed by atoms with Crippen molar-refractivity contribution in [2.24, 2.45) is 0 Å². The van der Waals surface area contributed by atoms with Crippen LogP contribution in [0, 0.1) is 0 Å². The number of nitrogens with zero attached hydrogens (tertiary/aromatic N) is 1. The monoisotopic (exact) mass is 295 g/mol. The molecule has 0 spiro atoms. The van der Waals surface area contributed by atoms with Gasteiger partial charge < -0.3 is 14.7 Å². The molecule has 2 fully saturated rings. The lowest BCUT2D eigenvalue weighted by Gasteiger charge is -2.17. The second-order valence-corrected chi connectivity index (χ2v) is 6.23. The lowest BCUT2D eigenvalue weighted by atomic mass is 9.96. The summed E-state index contributed by atoms with van der Waals surface area (Å²) in [6.07, 6.45) is 2.53. The molecule has 0 bridgehead atoms. The van der Waals surface area contributed by atoms with Crippen LogP contribution in [-0.4, -0.2) is 42.2 Å². The number of rotatable bonds is 4. The molecule has 1 atom stereocenters. The Hall–Kier alpha value is -1.26. The number of carboxylic acids is 1. The van der Waals surface area contributed by atoms with Gasteiger partial charge in [-0.3, -0.25) is 4.79 Å². The predicted octanol–water partition coefficient (Wildman–Crippen LogP) is 2.54. The van der Waals surface area contributed by atoms with E-state index in [1.165, 1.54) is 0 Å². The van der Waals surface area contributed by atoms with Crippen molar-refractivity contribution in [3.05, 3.63) is 28.8 Å². The second kappa shape index (κ2) is 4.93. The van der Waals surface area contributed by atoms with Gasteiger partial charge in [0.25, 0.3) is 0 Å². The van der Waals surface area contributed by atoms with Crippen molar-refractivity contribution in [1.29, 1.82) is 0 Å². The molecule has 1 saturated heterocycles. The molecule has 1 aliphatic carbocycles. The van der Waals surface area contributed by atoms with Crippen LogP contribution in [0.5, 0.6) is 5.75 Å². The summed E-state index contributed by atoms with van der Waals surface area (Å²) in [4.78, 5) is 13.5. The third kappa shape index (κ3) is 2.38. The highest BCUT2D eigenvalue weighted by molar-refractivity contribution is 6.32. The molecule has 1 aromatic carbocycles. The Bertz CT molecular complexity index is 542. The lowest BCUT2D eigenvalue weighted by Crippen LogP contribution is -2.22. The van der Waals surface area contributed by atoms with E-state index < -0.39 is 11.4 Å². The van der Waals surface area contributed by atoms with Gasteiger partial charge >= 0.3 is 5.97 Å². The zero-order chi connectivity index (χ0) is 14.3. The van der Waals surface area contributed by atoms with E-state index in [0.717, 1.165) is 25.1 Å². The minimum Gasteiger partial charge on any atom is -0.487 e. The van der Waals surface area contributed by atoms with Gasteiger partial charge in [-0.05, 0) is 44.0 Å². The molecular formula is C15H18ClNO3. The van der Waals surface area contributed by atoms with E-state index in [-0.39, 0.29) is 6.10 Å². The molecule has 1 saturated carbocycles. The average Bonchev–Trinajstić information content (AvgIpc) is 3.11. The number of halogens is 1. The van der Waals surface area contributed by atoms with Gasteiger partial charge in [-0.2, -0.15) is 0 Å². The van der Waals surface area contributed by atoms with Gasteiger partial charge in [0.15, 0.2) is 0 Å². The van der Waals surface area contributed by atoms with Crippen LogP contribution in [0.1, 0.15) is 24.8 Å². The summed E-state index contributed by atoms with van der Waals surface area (Å²) in [5.41, 5.74) is 0.0707. The Labute approximate surface area is 123 Å². The first kappa shape index (κ1) is 13.7. The van der Waals surface area contributed by atoms with Crippen LogP contribution in [0.15, 0.2) is 18.2 Å². The van der Waals surface area contributed by atoms with Gasteiger partial charge in [-0.15, -0.1) is 0 Å². The maximum atomic E-state index is 11.3. The molecule has 5 heteroatoms. The number of likely N-dealkylation sites (tertiary alicyclic amines) is 1. The van der Waals surface area contributed by atoms with E-state index in [9.17, 15) is 9.90 Å². The van der Waals surface area contributed by atoms with Crippen molar-refractivity contribution in [3.63, 3.8) is 0 Å². The summed E-state index contributed by atoms with van der Waals surface area (Å²) in [6, 6.07) is 5.39. The Morgan fingerprint density at radius 1 is 1.50 bits per heavy atom. The molecule has 2 aliphatic rings. The molecule has 1 aliphatic heterocycles. The van der Waals surface area contributed by atoms with E-state index in [0.29, 0.717) is 23.6 Å². The van der Waals surface area contributed by atoms with E-state index in [1.54, 1.807) is 12.1 Å². The molecule has 0 aromatic heterocycles. The molecular weight excluding hydrogens is 278 g/mol. The first-order chi connectivity index (χ1) is 9.51. The SMILES string of the molecule is CN1CCC(Oc2ccc(C3(C(=O)O)CC3)cc2Cl)C1. The third-order valence-corrected chi connectivity index (χ3v) is 4.58. The summed E-state index contributed by atoms with van der Waals surface area (Å²) in [5.74, 6) is -0.114. The zero-order valence-corrected chi connectivity index (χ0v) is 12.2. The second-order valence-electron chi connectivity index (χ2n) is 5.82. The highest BCUT2D eigenvalue weighted by Gasteiger charge is 2.51. The van der Waals surface area contributed by atoms with Crippen LogP contribution in [0.2, 0.25) is 5.02 Å². The number of ether oxygens (including phenoxy) is 1.